The normalized spacial score (nSPS) is 10.9. The zero-order valence-corrected chi connectivity index (χ0v) is 13.4. The summed E-state index contributed by atoms with van der Waals surface area (Å²) in [5.74, 6) is 1.01. The third-order valence-corrected chi connectivity index (χ3v) is 3.56. The number of rotatable bonds is 6. The molecule has 3 nitrogen and oxygen atoms in total. The Bertz CT molecular complexity index is 599. The van der Waals surface area contributed by atoms with Crippen LogP contribution in [0.4, 0.5) is 0 Å². The zero-order valence-electron chi connectivity index (χ0n) is 12.7. The number of pyridine rings is 1. The van der Waals surface area contributed by atoms with Crippen molar-refractivity contribution in [3.05, 3.63) is 58.2 Å². The van der Waals surface area contributed by atoms with Crippen LogP contribution in [0.5, 0.6) is 5.88 Å². The minimum atomic E-state index is 0.365. The van der Waals surface area contributed by atoms with Crippen LogP contribution in [0, 0.1) is 0 Å². The van der Waals surface area contributed by atoms with Gasteiger partial charge in [-0.15, -0.1) is 0 Å². The van der Waals surface area contributed by atoms with Crippen LogP contribution in [0.2, 0.25) is 5.02 Å². The predicted octanol–water partition coefficient (Wildman–Crippen LogP) is 4.16. The van der Waals surface area contributed by atoms with Gasteiger partial charge in [0.05, 0.1) is 0 Å². The van der Waals surface area contributed by atoms with Gasteiger partial charge in [0.15, 0.2) is 0 Å². The van der Waals surface area contributed by atoms with E-state index in [0.29, 0.717) is 23.4 Å². The molecule has 1 heterocycles. The van der Waals surface area contributed by atoms with Gasteiger partial charge in [-0.3, -0.25) is 0 Å². The average molecular weight is 305 g/mol. The van der Waals surface area contributed by atoms with Gasteiger partial charge in [0, 0.05) is 28.9 Å². The second-order valence-electron chi connectivity index (χ2n) is 5.30. The maximum Gasteiger partial charge on any atom is 0.214 e. The molecule has 0 atom stereocenters. The highest BCUT2D eigenvalue weighted by atomic mass is 35.5. The summed E-state index contributed by atoms with van der Waals surface area (Å²) in [6.45, 7) is 5.48. The molecule has 0 bridgehead atoms. The lowest BCUT2D eigenvalue weighted by atomic mass is 10.1. The van der Waals surface area contributed by atoms with Crippen molar-refractivity contribution >= 4 is 11.6 Å². The van der Waals surface area contributed by atoms with Gasteiger partial charge >= 0.3 is 0 Å². The Kier molecular flexibility index (Phi) is 5.59. The van der Waals surface area contributed by atoms with Gasteiger partial charge in [0.2, 0.25) is 5.88 Å². The zero-order chi connectivity index (χ0) is 15.2. The summed E-state index contributed by atoms with van der Waals surface area (Å²) in [5, 5.41) is 3.87. The van der Waals surface area contributed by atoms with E-state index < -0.39 is 0 Å². The van der Waals surface area contributed by atoms with E-state index in [-0.39, 0.29) is 0 Å². The first-order valence-electron chi connectivity index (χ1n) is 7.12. The number of aromatic nitrogens is 1. The van der Waals surface area contributed by atoms with Crippen molar-refractivity contribution in [2.45, 2.75) is 32.9 Å². The van der Waals surface area contributed by atoms with Crippen LogP contribution in [-0.2, 0) is 13.2 Å². The Morgan fingerprint density at radius 3 is 2.67 bits per heavy atom. The van der Waals surface area contributed by atoms with Crippen LogP contribution in [-0.4, -0.2) is 12.0 Å². The summed E-state index contributed by atoms with van der Waals surface area (Å²) in [7, 11) is 1.93. The Morgan fingerprint density at radius 1 is 1.24 bits per heavy atom. The first kappa shape index (κ1) is 15.8. The minimum absolute atomic E-state index is 0.365. The molecule has 0 radical (unpaired) electrons. The molecule has 4 heteroatoms. The van der Waals surface area contributed by atoms with Gasteiger partial charge in [-0.1, -0.05) is 43.6 Å². The fourth-order valence-electron chi connectivity index (χ4n) is 2.03. The van der Waals surface area contributed by atoms with Crippen LogP contribution < -0.4 is 10.1 Å². The van der Waals surface area contributed by atoms with Crippen LogP contribution in [0.3, 0.4) is 0 Å². The standard InChI is InChI=1S/C17H21ClN2O/c1-12(2)16-8-13(10-19-3)9-17(20-16)21-11-14-6-4-5-7-15(14)18/h4-9,12,19H,10-11H2,1-3H3. The molecule has 0 saturated carbocycles. The topological polar surface area (TPSA) is 34.1 Å². The first-order chi connectivity index (χ1) is 10.1. The highest BCUT2D eigenvalue weighted by Crippen LogP contribution is 2.21. The van der Waals surface area contributed by atoms with Gasteiger partial charge in [-0.25, -0.2) is 4.98 Å². The fraction of sp³-hybridized carbons (Fsp3) is 0.353. The molecule has 2 aromatic rings. The quantitative estimate of drug-likeness (QED) is 0.870. The van der Waals surface area contributed by atoms with Gasteiger partial charge in [-0.2, -0.15) is 0 Å². The number of benzene rings is 1. The van der Waals surface area contributed by atoms with E-state index in [9.17, 15) is 0 Å². The summed E-state index contributed by atoms with van der Waals surface area (Å²) in [6.07, 6.45) is 0. The van der Waals surface area contributed by atoms with Crippen molar-refractivity contribution in [1.82, 2.24) is 10.3 Å². The SMILES string of the molecule is CNCc1cc(OCc2ccccc2Cl)nc(C(C)C)c1. The Morgan fingerprint density at radius 2 is 2.00 bits per heavy atom. The monoisotopic (exact) mass is 304 g/mol. The van der Waals surface area contributed by atoms with Crippen molar-refractivity contribution in [1.29, 1.82) is 0 Å². The number of nitrogens with zero attached hydrogens (tertiary/aromatic N) is 1. The van der Waals surface area contributed by atoms with Crippen molar-refractivity contribution in [2.75, 3.05) is 7.05 Å². The molecular weight excluding hydrogens is 284 g/mol. The smallest absolute Gasteiger partial charge is 0.214 e. The molecule has 112 valence electrons. The number of nitrogens with one attached hydrogen (secondary N) is 1. The molecule has 0 aliphatic carbocycles. The first-order valence-corrected chi connectivity index (χ1v) is 7.49. The molecule has 0 aliphatic heterocycles. The maximum atomic E-state index is 6.14. The summed E-state index contributed by atoms with van der Waals surface area (Å²) in [6, 6.07) is 11.8. The summed E-state index contributed by atoms with van der Waals surface area (Å²) in [5.41, 5.74) is 3.17. The van der Waals surface area contributed by atoms with Crippen LogP contribution in [0.15, 0.2) is 36.4 Å². The molecule has 0 spiro atoms. The van der Waals surface area contributed by atoms with Crippen molar-refractivity contribution in [2.24, 2.45) is 0 Å². The van der Waals surface area contributed by atoms with E-state index in [0.717, 1.165) is 17.8 Å². The third kappa shape index (κ3) is 4.45. The van der Waals surface area contributed by atoms with E-state index >= 15 is 0 Å². The molecule has 0 saturated heterocycles. The van der Waals surface area contributed by atoms with E-state index in [1.54, 1.807) is 0 Å². The molecule has 1 aromatic heterocycles. The van der Waals surface area contributed by atoms with Crippen molar-refractivity contribution in [3.63, 3.8) is 0 Å². The molecule has 0 fully saturated rings. The van der Waals surface area contributed by atoms with E-state index in [2.05, 4.69) is 30.2 Å². The molecule has 2 rings (SSSR count). The number of hydrogen-bond donors (Lipinski definition) is 1. The van der Waals surface area contributed by atoms with Crippen molar-refractivity contribution < 1.29 is 4.74 Å². The van der Waals surface area contributed by atoms with Gasteiger partial charge in [-0.05, 0) is 30.7 Å². The highest BCUT2D eigenvalue weighted by Gasteiger charge is 2.08. The van der Waals surface area contributed by atoms with Crippen LogP contribution in [0.1, 0.15) is 36.6 Å². The highest BCUT2D eigenvalue weighted by molar-refractivity contribution is 6.31. The lowest BCUT2D eigenvalue weighted by Gasteiger charge is -2.12. The van der Waals surface area contributed by atoms with E-state index in [1.807, 2.05) is 37.4 Å². The van der Waals surface area contributed by atoms with Gasteiger partial charge in [0.25, 0.3) is 0 Å². The molecule has 21 heavy (non-hydrogen) atoms. The van der Waals surface area contributed by atoms with E-state index in [4.69, 9.17) is 16.3 Å². The van der Waals surface area contributed by atoms with Gasteiger partial charge in [0.1, 0.15) is 6.61 Å². The van der Waals surface area contributed by atoms with Gasteiger partial charge < -0.3 is 10.1 Å². The van der Waals surface area contributed by atoms with Crippen molar-refractivity contribution in [3.8, 4) is 5.88 Å². The largest absolute Gasteiger partial charge is 0.473 e. The molecule has 1 aromatic carbocycles. The Balaban J connectivity index is 2.17. The number of halogens is 1. The Hall–Kier alpha value is -1.58. The second-order valence-corrected chi connectivity index (χ2v) is 5.71. The summed E-state index contributed by atoms with van der Waals surface area (Å²) >= 11 is 6.14. The lowest BCUT2D eigenvalue weighted by molar-refractivity contribution is 0.292. The average Bonchev–Trinajstić information content (AvgIpc) is 2.46. The lowest BCUT2D eigenvalue weighted by Crippen LogP contribution is -2.08. The number of ether oxygens (including phenoxy) is 1. The molecule has 0 amide bonds. The molecule has 0 aliphatic rings. The molecule has 1 N–H and O–H groups in total. The Labute approximate surface area is 131 Å². The minimum Gasteiger partial charge on any atom is -0.473 e. The molecule has 0 unspecified atom stereocenters. The van der Waals surface area contributed by atoms with Crippen LogP contribution in [0.25, 0.3) is 0 Å². The fourth-order valence-corrected chi connectivity index (χ4v) is 2.22. The predicted molar refractivity (Wildman–Crippen MR) is 86.9 cm³/mol. The molecular formula is C17H21ClN2O. The third-order valence-electron chi connectivity index (χ3n) is 3.19. The second kappa shape index (κ2) is 7.43. The summed E-state index contributed by atoms with van der Waals surface area (Å²) < 4.78 is 5.83. The maximum absolute atomic E-state index is 6.14. The van der Waals surface area contributed by atoms with Crippen LogP contribution >= 0.6 is 11.6 Å². The van der Waals surface area contributed by atoms with E-state index in [1.165, 1.54) is 5.56 Å². The number of hydrogen-bond acceptors (Lipinski definition) is 3. The summed E-state index contributed by atoms with van der Waals surface area (Å²) in [4.78, 5) is 4.57.